The summed E-state index contributed by atoms with van der Waals surface area (Å²) in [5.41, 5.74) is 5.22. The van der Waals surface area contributed by atoms with Gasteiger partial charge >= 0.3 is 0 Å². The highest BCUT2D eigenvalue weighted by Gasteiger charge is 2.24. The quantitative estimate of drug-likeness (QED) is 0.0365. The minimum Gasteiger partial charge on any atom is -0.490 e. The van der Waals surface area contributed by atoms with Crippen molar-refractivity contribution in [2.24, 2.45) is 20.0 Å². The van der Waals surface area contributed by atoms with Gasteiger partial charge in [0, 0.05) is 24.3 Å². The van der Waals surface area contributed by atoms with Crippen molar-refractivity contribution in [3.8, 4) is 46.0 Å². The molecule has 14 nitrogen and oxygen atoms in total. The van der Waals surface area contributed by atoms with Crippen LogP contribution in [0.4, 0.5) is 22.7 Å². The van der Waals surface area contributed by atoms with Crippen LogP contribution in [0.25, 0.3) is 0 Å². The fraction of sp³-hybridized carbons (Fsp3) is 0.769. The van der Waals surface area contributed by atoms with Crippen molar-refractivity contribution in [1.82, 2.24) is 9.97 Å². The number of nitrogens with one attached hydrogen (secondary N) is 2. The van der Waals surface area contributed by atoms with Crippen LogP contribution in [0, 0.1) is 0 Å². The van der Waals surface area contributed by atoms with Gasteiger partial charge in [0.25, 0.3) is 0 Å². The van der Waals surface area contributed by atoms with E-state index in [-0.39, 0.29) is 0 Å². The van der Waals surface area contributed by atoms with Crippen molar-refractivity contribution in [2.45, 2.75) is 466 Å². The van der Waals surface area contributed by atoms with E-state index in [0.717, 1.165) is 103 Å². The van der Waals surface area contributed by atoms with Gasteiger partial charge in [-0.25, -0.2) is 0 Å². The molecule has 672 valence electrons. The summed E-state index contributed by atoms with van der Waals surface area (Å²) < 4.78 is 56.1. The molecule has 1 aliphatic rings. The number of ether oxygens (including phenoxy) is 8. The highest BCUT2D eigenvalue weighted by molar-refractivity contribution is 5.96. The topological polar surface area (TPSA) is 155 Å². The zero-order chi connectivity index (χ0) is 83.7. The maximum atomic E-state index is 7.11. The third-order valence-electron chi connectivity index (χ3n) is 23.3. The molecule has 0 spiro atoms. The van der Waals surface area contributed by atoms with E-state index >= 15 is 0 Å². The number of hydrogen-bond donors (Lipinski definition) is 2. The molecular formula is C104H178N6O8. The van der Waals surface area contributed by atoms with Crippen molar-refractivity contribution in [3.05, 3.63) is 47.0 Å². The number of rotatable bonds is 80. The summed E-state index contributed by atoms with van der Waals surface area (Å²) in [6, 6.07) is 8.19. The molecule has 0 saturated carbocycles. The fourth-order valence-corrected chi connectivity index (χ4v) is 15.7. The second-order valence-corrected chi connectivity index (χ2v) is 34.4. The number of hydrogen-bond acceptors (Lipinski definition) is 12. The number of aromatic nitrogens is 2. The first-order valence-electron chi connectivity index (χ1n) is 50.5. The second kappa shape index (κ2) is 72.7. The van der Waals surface area contributed by atoms with E-state index in [1.807, 2.05) is 49.1 Å². The van der Waals surface area contributed by atoms with Crippen LogP contribution in [-0.2, 0) is 0 Å². The first-order chi connectivity index (χ1) is 58.4. The maximum absolute atomic E-state index is 7.11. The van der Waals surface area contributed by atoms with E-state index in [1.54, 1.807) is 0 Å². The Morgan fingerprint density at radius 2 is 0.297 bits per heavy atom. The molecule has 0 unspecified atom stereocenters. The number of fused-ring (bicyclic) bond motifs is 6. The normalized spacial score (nSPS) is 12.0. The molecule has 2 aromatic heterocycles. The van der Waals surface area contributed by atoms with Gasteiger partial charge in [-0.15, -0.1) is 0 Å². The van der Waals surface area contributed by atoms with Gasteiger partial charge in [0.1, 0.15) is 22.8 Å². The average molecular weight is 1640 g/mol. The van der Waals surface area contributed by atoms with Gasteiger partial charge in [0.2, 0.25) is 0 Å². The van der Waals surface area contributed by atoms with Gasteiger partial charge < -0.3 is 47.9 Å². The van der Waals surface area contributed by atoms with Crippen LogP contribution in [0.3, 0.4) is 0 Å². The monoisotopic (exact) mass is 1640 g/mol. The highest BCUT2D eigenvalue weighted by Crippen LogP contribution is 2.45. The van der Waals surface area contributed by atoms with Crippen LogP contribution in [0.2, 0.25) is 0 Å². The van der Waals surface area contributed by atoms with E-state index in [4.69, 9.17) is 57.9 Å². The van der Waals surface area contributed by atoms with Gasteiger partial charge in [0.15, 0.2) is 46.0 Å². The Labute approximate surface area is 723 Å². The van der Waals surface area contributed by atoms with Crippen molar-refractivity contribution >= 4 is 47.6 Å². The van der Waals surface area contributed by atoms with E-state index in [9.17, 15) is 0 Å². The summed E-state index contributed by atoms with van der Waals surface area (Å²) in [5.74, 6) is 5.18. The lowest BCUT2D eigenvalue weighted by Crippen LogP contribution is -2.04. The van der Waals surface area contributed by atoms with Crippen LogP contribution < -0.4 is 37.9 Å². The zero-order valence-corrected chi connectivity index (χ0v) is 77.6. The van der Waals surface area contributed by atoms with Gasteiger partial charge in [0.05, 0.1) is 100 Å². The Bertz CT molecular complexity index is 2740. The first kappa shape index (κ1) is 103. The summed E-state index contributed by atoms with van der Waals surface area (Å²) in [7, 11) is 0. The summed E-state index contributed by atoms with van der Waals surface area (Å²) in [6.07, 6.45) is 84.6. The zero-order valence-electron chi connectivity index (χ0n) is 77.6. The third kappa shape index (κ3) is 47.5. The van der Waals surface area contributed by atoms with Crippen molar-refractivity contribution < 1.29 is 37.9 Å². The highest BCUT2D eigenvalue weighted by atomic mass is 16.5. The van der Waals surface area contributed by atoms with Crippen LogP contribution in [0.5, 0.6) is 46.0 Å². The molecule has 118 heavy (non-hydrogen) atoms. The predicted molar refractivity (Wildman–Crippen MR) is 508 cm³/mol. The molecule has 5 rings (SSSR count). The molecule has 0 radical (unpaired) electrons. The van der Waals surface area contributed by atoms with E-state index in [2.05, 4.69) is 65.4 Å². The van der Waals surface area contributed by atoms with Gasteiger partial charge in [-0.1, -0.05) is 415 Å². The largest absolute Gasteiger partial charge is 0.490 e. The standard InChI is InChI=1S/C104H178N6O8/c1-9-17-25-33-41-49-57-65-73-111-97-81-89-90(82-98(97)112-74-66-58-50-42-34-26-18-10-2)106-86-94-102(116-78-70-62-54-46-38-30-22-14-6)104(118-80-72-64-56-48-40-32-24-16-8)96(110-94)88-108-92-84-100(114-76-68-60-52-44-36-28-20-12-4)99(113-75-67-59-51-43-35-27-19-11-3)83-91(92)107-87-95-103(117-79-71-63-55-47-39-31-23-15-7)101(93(109-95)85-105-89)115-77-69-61-53-45-37-29-21-13-5/h81-88,109-110H,9-80H2,1-8H3. The van der Waals surface area contributed by atoms with Crippen molar-refractivity contribution in [3.63, 3.8) is 0 Å². The smallest absolute Gasteiger partial charge is 0.188 e. The summed E-state index contributed by atoms with van der Waals surface area (Å²) >= 11 is 0. The molecule has 2 aromatic carbocycles. The minimum atomic E-state index is 0.528. The third-order valence-corrected chi connectivity index (χ3v) is 23.3. The Kier molecular flexibility index (Phi) is 63.2. The lowest BCUT2D eigenvalue weighted by molar-refractivity contribution is 0.258. The maximum Gasteiger partial charge on any atom is 0.188 e. The summed E-state index contributed by atoms with van der Waals surface area (Å²) in [4.78, 5) is 29.7. The van der Waals surface area contributed by atoms with E-state index < -0.39 is 0 Å². The van der Waals surface area contributed by atoms with Crippen molar-refractivity contribution in [2.75, 3.05) is 52.9 Å². The Hall–Kier alpha value is -5.92. The SMILES string of the molecule is CCCCCCCCCCOc1cc2c(cc1OCCCCCCCCCC)N=Cc1[nH]c(c(OCCCCCCCCCC)c1OCCCCCCCCCC)C=Nc1cc(OCCCCCCCCCC)c(OCCCCCCCCCC)cc1N=Cc1[nH]c(c(OCCCCCCCCCC)c1OCCCCCCCCCC)C=N2. The van der Waals surface area contributed by atoms with E-state index in [0.29, 0.717) is 144 Å². The lowest BCUT2D eigenvalue weighted by Gasteiger charge is -2.15. The number of aliphatic imine (C=N–C) groups is 4. The Morgan fingerprint density at radius 1 is 0.169 bits per heavy atom. The number of unbranched alkanes of at least 4 members (excludes halogenated alkanes) is 56. The van der Waals surface area contributed by atoms with Crippen LogP contribution in [-0.4, -0.2) is 87.7 Å². The van der Waals surface area contributed by atoms with Gasteiger partial charge in [-0.05, 0) is 51.4 Å². The Balaban J connectivity index is 1.80. The predicted octanol–water partition coefficient (Wildman–Crippen LogP) is 33.8. The first-order valence-corrected chi connectivity index (χ1v) is 50.5. The minimum absolute atomic E-state index is 0.528. The molecule has 1 aliphatic heterocycles. The number of nitrogens with zero attached hydrogens (tertiary/aromatic N) is 4. The second-order valence-electron chi connectivity index (χ2n) is 34.4. The average Bonchev–Trinajstić information content (AvgIpc) is 1.60. The molecular weight excluding hydrogens is 1460 g/mol. The van der Waals surface area contributed by atoms with E-state index in [1.165, 1.54) is 308 Å². The van der Waals surface area contributed by atoms with Gasteiger partial charge in [-0.3, -0.25) is 20.0 Å². The number of H-pyrrole nitrogens is 2. The molecule has 0 atom stereocenters. The summed E-state index contributed by atoms with van der Waals surface area (Å²) in [5, 5.41) is 0. The Morgan fingerprint density at radius 3 is 0.441 bits per heavy atom. The van der Waals surface area contributed by atoms with Crippen molar-refractivity contribution in [1.29, 1.82) is 0 Å². The molecule has 0 saturated heterocycles. The molecule has 2 N–H and O–H groups in total. The molecule has 0 fully saturated rings. The van der Waals surface area contributed by atoms with Crippen LogP contribution in [0.1, 0.15) is 489 Å². The molecule has 4 bridgehead atoms. The molecule has 0 aliphatic carbocycles. The number of aromatic amines is 2. The summed E-state index contributed by atoms with van der Waals surface area (Å²) in [6.45, 7) is 22.7. The van der Waals surface area contributed by atoms with Crippen LogP contribution in [0.15, 0.2) is 44.2 Å². The number of benzene rings is 2. The van der Waals surface area contributed by atoms with Crippen LogP contribution >= 0.6 is 0 Å². The molecule has 0 amide bonds. The molecule has 3 heterocycles. The van der Waals surface area contributed by atoms with Gasteiger partial charge in [-0.2, -0.15) is 0 Å². The molecule has 14 heteroatoms. The fourth-order valence-electron chi connectivity index (χ4n) is 15.7. The lowest BCUT2D eigenvalue weighted by atomic mass is 10.1. The molecule has 4 aromatic rings.